The number of rotatable bonds is 1. The minimum Gasteiger partial charge on any atom is -0.464 e. The molecule has 1 heterocycles. The molecule has 0 radical (unpaired) electrons. The van der Waals surface area contributed by atoms with Crippen molar-refractivity contribution in [3.8, 4) is 0 Å². The van der Waals surface area contributed by atoms with Crippen LogP contribution in [0, 0.1) is 5.82 Å². The summed E-state index contributed by atoms with van der Waals surface area (Å²) in [5.41, 5.74) is 0.728. The van der Waals surface area contributed by atoms with Crippen LogP contribution in [0.2, 0.25) is 0 Å². The smallest absolute Gasteiger partial charge is 0.356 e. The maximum absolute atomic E-state index is 13.1. The van der Waals surface area contributed by atoms with E-state index in [1.807, 2.05) is 0 Å². The summed E-state index contributed by atoms with van der Waals surface area (Å²) in [4.78, 5) is 15.4. The lowest BCUT2D eigenvalue weighted by Gasteiger charge is -2.03. The van der Waals surface area contributed by atoms with E-state index in [0.29, 0.717) is 15.4 Å². The van der Waals surface area contributed by atoms with E-state index >= 15 is 0 Å². The van der Waals surface area contributed by atoms with Crippen molar-refractivity contribution >= 4 is 32.8 Å². The van der Waals surface area contributed by atoms with Gasteiger partial charge in [-0.1, -0.05) is 6.07 Å². The molecule has 0 atom stereocenters. The van der Waals surface area contributed by atoms with Crippen molar-refractivity contribution < 1.29 is 13.9 Å². The molecule has 82 valence electrons. The molecule has 0 aliphatic heterocycles. The highest BCUT2D eigenvalue weighted by Gasteiger charge is 2.10. The molecule has 0 amide bonds. The number of hydrogen-bond acceptors (Lipinski definition) is 3. The van der Waals surface area contributed by atoms with Crippen LogP contribution < -0.4 is 0 Å². The minimum atomic E-state index is -0.516. The molecular formula is C11H7BrFNO2. The zero-order valence-electron chi connectivity index (χ0n) is 8.33. The molecule has 0 bridgehead atoms. The van der Waals surface area contributed by atoms with Crippen molar-refractivity contribution in [1.82, 2.24) is 4.98 Å². The van der Waals surface area contributed by atoms with Gasteiger partial charge in [0, 0.05) is 9.86 Å². The Kier molecular flexibility index (Phi) is 2.87. The van der Waals surface area contributed by atoms with Crippen molar-refractivity contribution in [2.24, 2.45) is 0 Å². The third-order valence-corrected chi connectivity index (χ3v) is 2.71. The quantitative estimate of drug-likeness (QED) is 0.756. The second kappa shape index (κ2) is 4.17. The van der Waals surface area contributed by atoms with Gasteiger partial charge in [0.15, 0.2) is 0 Å². The lowest BCUT2D eigenvalue weighted by molar-refractivity contribution is 0.0594. The first-order valence-electron chi connectivity index (χ1n) is 4.46. The number of esters is 1. The Hall–Kier alpha value is -1.49. The number of carbonyl (C=O) groups excluding carboxylic acids is 1. The second-order valence-corrected chi connectivity index (χ2v) is 4.00. The molecule has 0 aliphatic rings. The van der Waals surface area contributed by atoms with Crippen LogP contribution in [0.15, 0.2) is 28.7 Å². The summed E-state index contributed by atoms with van der Waals surface area (Å²) in [5.74, 6) is -0.870. The molecule has 0 N–H and O–H groups in total. The Morgan fingerprint density at radius 2 is 2.19 bits per heavy atom. The lowest BCUT2D eigenvalue weighted by Crippen LogP contribution is -2.04. The van der Waals surface area contributed by atoms with Crippen LogP contribution in [0.1, 0.15) is 10.5 Å². The molecule has 0 fully saturated rings. The summed E-state index contributed by atoms with van der Waals surface area (Å²) >= 11 is 3.20. The number of hydrogen-bond donors (Lipinski definition) is 0. The molecule has 1 aromatic heterocycles. The van der Waals surface area contributed by atoms with Gasteiger partial charge in [0.05, 0.1) is 12.6 Å². The van der Waals surface area contributed by atoms with Crippen molar-refractivity contribution in [2.45, 2.75) is 0 Å². The van der Waals surface area contributed by atoms with Crippen molar-refractivity contribution in [3.63, 3.8) is 0 Å². The number of nitrogens with zero attached hydrogens (tertiary/aromatic N) is 1. The van der Waals surface area contributed by atoms with Gasteiger partial charge >= 0.3 is 5.97 Å². The number of carbonyl (C=O) groups is 1. The summed E-state index contributed by atoms with van der Waals surface area (Å²) in [6, 6.07) is 5.78. The van der Waals surface area contributed by atoms with Gasteiger partial charge in [0.1, 0.15) is 11.5 Å². The third-order valence-electron chi connectivity index (χ3n) is 2.11. The van der Waals surface area contributed by atoms with Gasteiger partial charge in [-0.2, -0.15) is 0 Å². The molecule has 5 heteroatoms. The lowest BCUT2D eigenvalue weighted by atomic mass is 10.2. The first kappa shape index (κ1) is 11.0. The van der Waals surface area contributed by atoms with Gasteiger partial charge in [-0.15, -0.1) is 0 Å². The van der Waals surface area contributed by atoms with Crippen LogP contribution in [0.4, 0.5) is 4.39 Å². The highest BCUT2D eigenvalue weighted by molar-refractivity contribution is 9.10. The van der Waals surface area contributed by atoms with E-state index in [0.717, 1.165) is 0 Å². The Bertz CT molecular complexity index is 571. The topological polar surface area (TPSA) is 39.2 Å². The first-order valence-corrected chi connectivity index (χ1v) is 5.25. The highest BCUT2D eigenvalue weighted by atomic mass is 79.9. The molecular weight excluding hydrogens is 277 g/mol. The first-order chi connectivity index (χ1) is 7.61. The van der Waals surface area contributed by atoms with Crippen LogP contribution in [-0.4, -0.2) is 18.1 Å². The number of pyridine rings is 1. The molecule has 1 aromatic carbocycles. The van der Waals surface area contributed by atoms with E-state index < -0.39 is 5.97 Å². The average Bonchev–Trinajstić information content (AvgIpc) is 2.27. The van der Waals surface area contributed by atoms with Gasteiger partial charge in [-0.25, -0.2) is 14.2 Å². The molecule has 0 aliphatic carbocycles. The van der Waals surface area contributed by atoms with Crippen molar-refractivity contribution in [3.05, 3.63) is 40.2 Å². The number of aromatic nitrogens is 1. The van der Waals surface area contributed by atoms with E-state index in [2.05, 4.69) is 25.7 Å². The normalized spacial score (nSPS) is 10.4. The Morgan fingerprint density at radius 1 is 1.44 bits per heavy atom. The largest absolute Gasteiger partial charge is 0.464 e. The predicted molar refractivity (Wildman–Crippen MR) is 60.7 cm³/mol. The summed E-state index contributed by atoms with van der Waals surface area (Å²) in [6.45, 7) is 0. The maximum Gasteiger partial charge on any atom is 0.356 e. The van der Waals surface area contributed by atoms with Gasteiger partial charge in [-0.05, 0) is 34.1 Å². The Labute approximate surface area is 99.4 Å². The zero-order chi connectivity index (χ0) is 11.7. The Balaban J connectivity index is 2.66. The fourth-order valence-corrected chi connectivity index (χ4v) is 1.91. The molecule has 0 spiro atoms. The van der Waals surface area contributed by atoms with Crippen LogP contribution in [0.25, 0.3) is 10.9 Å². The maximum atomic E-state index is 13.1. The molecule has 3 nitrogen and oxygen atoms in total. The molecule has 0 saturated heterocycles. The number of halogens is 2. The van der Waals surface area contributed by atoms with Crippen LogP contribution in [-0.2, 0) is 4.74 Å². The van der Waals surface area contributed by atoms with Gasteiger partial charge in [0.25, 0.3) is 0 Å². The molecule has 0 saturated carbocycles. The number of fused-ring (bicyclic) bond motifs is 1. The molecule has 2 aromatic rings. The summed E-state index contributed by atoms with van der Waals surface area (Å²) in [7, 11) is 1.29. The van der Waals surface area contributed by atoms with E-state index in [1.165, 1.54) is 25.3 Å². The minimum absolute atomic E-state index is 0.197. The fourth-order valence-electron chi connectivity index (χ4n) is 1.38. The number of methoxy groups -OCH3 is 1. The molecule has 0 unspecified atom stereocenters. The standard InChI is InChI=1S/C11H7BrFNO2/c1-16-11(15)9-3-2-6-4-7(13)5-8(12)10(6)14-9/h2-5H,1H3. The fraction of sp³-hybridized carbons (Fsp3) is 0.0909. The van der Waals surface area contributed by atoms with Crippen LogP contribution in [0.3, 0.4) is 0 Å². The van der Waals surface area contributed by atoms with E-state index in [1.54, 1.807) is 6.07 Å². The monoisotopic (exact) mass is 283 g/mol. The number of ether oxygens (including phenoxy) is 1. The summed E-state index contributed by atoms with van der Waals surface area (Å²) < 4.78 is 18.1. The summed E-state index contributed by atoms with van der Waals surface area (Å²) in [5, 5.41) is 0.625. The Morgan fingerprint density at radius 3 is 2.88 bits per heavy atom. The van der Waals surface area contributed by atoms with Crippen molar-refractivity contribution in [2.75, 3.05) is 7.11 Å². The average molecular weight is 284 g/mol. The summed E-state index contributed by atoms with van der Waals surface area (Å²) in [6.07, 6.45) is 0. The van der Waals surface area contributed by atoms with E-state index in [-0.39, 0.29) is 11.5 Å². The third kappa shape index (κ3) is 1.90. The predicted octanol–water partition coefficient (Wildman–Crippen LogP) is 2.92. The van der Waals surface area contributed by atoms with Crippen molar-refractivity contribution in [1.29, 1.82) is 0 Å². The van der Waals surface area contributed by atoms with E-state index in [4.69, 9.17) is 0 Å². The van der Waals surface area contributed by atoms with Crippen LogP contribution in [0.5, 0.6) is 0 Å². The van der Waals surface area contributed by atoms with Gasteiger partial charge in [-0.3, -0.25) is 0 Å². The molecule has 2 rings (SSSR count). The SMILES string of the molecule is COC(=O)c1ccc2cc(F)cc(Br)c2n1. The second-order valence-electron chi connectivity index (χ2n) is 3.15. The highest BCUT2D eigenvalue weighted by Crippen LogP contribution is 2.24. The van der Waals surface area contributed by atoms with E-state index in [9.17, 15) is 9.18 Å². The zero-order valence-corrected chi connectivity index (χ0v) is 9.92. The van der Waals surface area contributed by atoms with Crippen LogP contribution >= 0.6 is 15.9 Å². The molecule has 16 heavy (non-hydrogen) atoms. The van der Waals surface area contributed by atoms with Gasteiger partial charge < -0.3 is 4.74 Å². The van der Waals surface area contributed by atoms with Gasteiger partial charge in [0.2, 0.25) is 0 Å². The number of benzene rings is 1.